The smallest absolute Gasteiger partial charge is 0.179 e. The summed E-state index contributed by atoms with van der Waals surface area (Å²) in [6.45, 7) is 2.08. The Hall–Kier alpha value is -1.99. The molecule has 2 aromatic carbocycles. The second kappa shape index (κ2) is 7.93. The number of hydrogen-bond acceptors (Lipinski definition) is 4. The lowest BCUT2D eigenvalue weighted by Crippen LogP contribution is -2.09. The van der Waals surface area contributed by atoms with E-state index in [1.54, 1.807) is 0 Å². The molecule has 1 unspecified atom stereocenters. The molecule has 1 N–H and O–H groups in total. The summed E-state index contributed by atoms with van der Waals surface area (Å²) in [5.41, 5.74) is 0.920. The standard InChI is InChI=1S/C18H20F2O4S/c1-12(11-21)7-8-24-17-10-14(4-6-18(17)25(2,22)23)13-3-5-15(19)16(20)9-13/h3-6,9-10,12,21H,7-8,11H2,1-2H3. The van der Waals surface area contributed by atoms with E-state index >= 15 is 0 Å². The largest absolute Gasteiger partial charge is 0.492 e. The molecule has 0 radical (unpaired) electrons. The normalized spacial score (nSPS) is 12.8. The second-order valence-electron chi connectivity index (χ2n) is 5.99. The molecule has 0 amide bonds. The van der Waals surface area contributed by atoms with E-state index in [9.17, 15) is 17.2 Å². The first-order chi connectivity index (χ1) is 11.7. The van der Waals surface area contributed by atoms with Crippen LogP contribution in [0.5, 0.6) is 5.75 Å². The zero-order valence-electron chi connectivity index (χ0n) is 14.0. The molecular weight excluding hydrogens is 350 g/mol. The molecule has 0 aromatic heterocycles. The van der Waals surface area contributed by atoms with Crippen LogP contribution in [0.15, 0.2) is 41.3 Å². The van der Waals surface area contributed by atoms with Gasteiger partial charge in [0.25, 0.3) is 0 Å². The predicted molar refractivity (Wildman–Crippen MR) is 91.3 cm³/mol. The van der Waals surface area contributed by atoms with Gasteiger partial charge in [0.15, 0.2) is 21.5 Å². The Bertz CT molecular complexity index is 850. The van der Waals surface area contributed by atoms with Gasteiger partial charge in [-0.3, -0.25) is 0 Å². The second-order valence-corrected chi connectivity index (χ2v) is 7.97. The summed E-state index contributed by atoms with van der Waals surface area (Å²) in [6.07, 6.45) is 1.62. The highest BCUT2D eigenvalue weighted by Gasteiger charge is 2.16. The average molecular weight is 370 g/mol. The highest BCUT2D eigenvalue weighted by atomic mass is 32.2. The Morgan fingerprint density at radius 3 is 2.32 bits per heavy atom. The first kappa shape index (κ1) is 19.3. The van der Waals surface area contributed by atoms with E-state index in [0.717, 1.165) is 18.4 Å². The van der Waals surface area contributed by atoms with E-state index < -0.39 is 21.5 Å². The fourth-order valence-electron chi connectivity index (χ4n) is 2.24. The molecule has 0 saturated carbocycles. The fourth-order valence-corrected chi connectivity index (χ4v) is 3.04. The van der Waals surface area contributed by atoms with Crippen LogP contribution < -0.4 is 4.74 Å². The van der Waals surface area contributed by atoms with Gasteiger partial charge in [-0.05, 0) is 47.7 Å². The van der Waals surface area contributed by atoms with E-state index in [1.165, 1.54) is 24.3 Å². The Morgan fingerprint density at radius 2 is 1.72 bits per heavy atom. The van der Waals surface area contributed by atoms with Crippen molar-refractivity contribution in [2.75, 3.05) is 19.5 Å². The minimum Gasteiger partial charge on any atom is -0.492 e. The van der Waals surface area contributed by atoms with Crippen molar-refractivity contribution >= 4 is 9.84 Å². The van der Waals surface area contributed by atoms with Crippen molar-refractivity contribution in [1.29, 1.82) is 0 Å². The van der Waals surface area contributed by atoms with Crippen LogP contribution in [0, 0.1) is 17.6 Å². The van der Waals surface area contributed by atoms with Gasteiger partial charge in [-0.1, -0.05) is 19.1 Å². The van der Waals surface area contributed by atoms with E-state index in [2.05, 4.69) is 0 Å². The van der Waals surface area contributed by atoms with Gasteiger partial charge >= 0.3 is 0 Å². The molecule has 25 heavy (non-hydrogen) atoms. The SMILES string of the molecule is CC(CO)CCOc1cc(-c2ccc(F)c(F)c2)ccc1S(C)(=O)=O. The van der Waals surface area contributed by atoms with Gasteiger partial charge in [0.2, 0.25) is 0 Å². The summed E-state index contributed by atoms with van der Waals surface area (Å²) in [6, 6.07) is 7.86. The Balaban J connectivity index is 2.37. The van der Waals surface area contributed by atoms with Crippen molar-refractivity contribution < 1.29 is 27.0 Å². The molecule has 0 aliphatic rings. The summed E-state index contributed by atoms with van der Waals surface area (Å²) >= 11 is 0. The lowest BCUT2D eigenvalue weighted by atomic mass is 10.1. The van der Waals surface area contributed by atoms with Crippen LogP contribution >= 0.6 is 0 Å². The molecule has 7 heteroatoms. The van der Waals surface area contributed by atoms with Crippen molar-refractivity contribution in [2.45, 2.75) is 18.2 Å². The molecule has 2 aromatic rings. The van der Waals surface area contributed by atoms with Gasteiger partial charge in [0.05, 0.1) is 6.61 Å². The van der Waals surface area contributed by atoms with Crippen LogP contribution in [0.3, 0.4) is 0 Å². The number of sulfone groups is 1. The molecule has 4 nitrogen and oxygen atoms in total. The summed E-state index contributed by atoms with van der Waals surface area (Å²) in [4.78, 5) is 0.0236. The number of aliphatic hydroxyl groups is 1. The molecule has 0 saturated heterocycles. The molecule has 0 heterocycles. The Morgan fingerprint density at radius 1 is 1.08 bits per heavy atom. The number of hydrogen-bond donors (Lipinski definition) is 1. The highest BCUT2D eigenvalue weighted by molar-refractivity contribution is 7.90. The first-order valence-electron chi connectivity index (χ1n) is 7.75. The van der Waals surface area contributed by atoms with Gasteiger partial charge in [0, 0.05) is 12.9 Å². The number of rotatable bonds is 7. The fraction of sp³-hybridized carbons (Fsp3) is 0.333. The summed E-state index contributed by atoms with van der Waals surface area (Å²) < 4.78 is 56.0. The predicted octanol–water partition coefficient (Wildman–Crippen LogP) is 3.43. The van der Waals surface area contributed by atoms with Gasteiger partial charge in [0.1, 0.15) is 10.6 Å². The number of halogens is 2. The number of benzene rings is 2. The van der Waals surface area contributed by atoms with Crippen molar-refractivity contribution in [3.8, 4) is 16.9 Å². The number of aliphatic hydroxyl groups excluding tert-OH is 1. The van der Waals surface area contributed by atoms with Crippen LogP contribution in [0.2, 0.25) is 0 Å². The molecule has 0 spiro atoms. The van der Waals surface area contributed by atoms with Gasteiger partial charge in [-0.15, -0.1) is 0 Å². The maximum absolute atomic E-state index is 13.4. The molecule has 0 aliphatic carbocycles. The van der Waals surface area contributed by atoms with Crippen molar-refractivity contribution in [3.05, 3.63) is 48.0 Å². The lowest BCUT2D eigenvalue weighted by molar-refractivity contribution is 0.200. The van der Waals surface area contributed by atoms with Crippen molar-refractivity contribution in [2.24, 2.45) is 5.92 Å². The molecular formula is C18H20F2O4S. The van der Waals surface area contributed by atoms with E-state index in [1.807, 2.05) is 6.92 Å². The average Bonchev–Trinajstić information content (AvgIpc) is 2.56. The van der Waals surface area contributed by atoms with E-state index in [-0.39, 0.29) is 29.8 Å². The van der Waals surface area contributed by atoms with Gasteiger partial charge in [-0.2, -0.15) is 0 Å². The molecule has 1 atom stereocenters. The monoisotopic (exact) mass is 370 g/mol. The van der Waals surface area contributed by atoms with Gasteiger partial charge < -0.3 is 9.84 Å². The quantitative estimate of drug-likeness (QED) is 0.811. The summed E-state index contributed by atoms with van der Waals surface area (Å²) in [5, 5.41) is 9.04. The lowest BCUT2D eigenvalue weighted by Gasteiger charge is -2.14. The molecule has 2 rings (SSSR count). The molecule has 0 bridgehead atoms. The summed E-state index contributed by atoms with van der Waals surface area (Å²) in [7, 11) is -3.51. The zero-order chi connectivity index (χ0) is 18.6. The number of ether oxygens (including phenoxy) is 1. The topological polar surface area (TPSA) is 63.6 Å². The third-order valence-electron chi connectivity index (χ3n) is 3.78. The Labute approximate surface area is 146 Å². The van der Waals surface area contributed by atoms with Gasteiger partial charge in [-0.25, -0.2) is 17.2 Å². The maximum Gasteiger partial charge on any atom is 0.179 e. The van der Waals surface area contributed by atoms with Crippen molar-refractivity contribution in [3.63, 3.8) is 0 Å². The minimum atomic E-state index is -3.51. The van der Waals surface area contributed by atoms with E-state index in [4.69, 9.17) is 9.84 Å². The molecule has 0 fully saturated rings. The van der Waals surface area contributed by atoms with Crippen LogP contribution in [0.1, 0.15) is 13.3 Å². The van der Waals surface area contributed by atoms with Crippen molar-refractivity contribution in [1.82, 2.24) is 0 Å². The van der Waals surface area contributed by atoms with Crippen LogP contribution in [0.4, 0.5) is 8.78 Å². The maximum atomic E-state index is 13.4. The Kier molecular flexibility index (Phi) is 6.13. The first-order valence-corrected chi connectivity index (χ1v) is 9.64. The molecule has 136 valence electrons. The third-order valence-corrected chi connectivity index (χ3v) is 4.91. The summed E-state index contributed by atoms with van der Waals surface area (Å²) in [5.74, 6) is -1.76. The minimum absolute atomic E-state index is 0.0111. The zero-order valence-corrected chi connectivity index (χ0v) is 14.8. The van der Waals surface area contributed by atoms with Crippen LogP contribution in [0.25, 0.3) is 11.1 Å². The third kappa shape index (κ3) is 4.99. The highest BCUT2D eigenvalue weighted by Crippen LogP contribution is 2.31. The molecule has 0 aliphatic heterocycles. The van der Waals surface area contributed by atoms with E-state index in [0.29, 0.717) is 17.5 Å². The van der Waals surface area contributed by atoms with Crippen LogP contribution in [-0.2, 0) is 9.84 Å². The van der Waals surface area contributed by atoms with Crippen LogP contribution in [-0.4, -0.2) is 33.0 Å².